The lowest BCUT2D eigenvalue weighted by atomic mass is 10.1. The van der Waals surface area contributed by atoms with Crippen molar-refractivity contribution in [2.24, 2.45) is 0 Å². The van der Waals surface area contributed by atoms with Crippen LogP contribution in [0.25, 0.3) is 0 Å². The van der Waals surface area contributed by atoms with Gasteiger partial charge in [-0.15, -0.1) is 0 Å². The number of aliphatic hydroxyl groups is 1. The van der Waals surface area contributed by atoms with E-state index in [0.717, 1.165) is 51.4 Å². The van der Waals surface area contributed by atoms with Gasteiger partial charge in [-0.3, -0.25) is 18.6 Å². The molecule has 0 amide bonds. The maximum Gasteiger partial charge on any atom is 0.472 e. The first-order chi connectivity index (χ1) is 28.4. The monoisotopic (exact) mass is 851 g/mol. The van der Waals surface area contributed by atoms with Crippen molar-refractivity contribution in [2.45, 2.75) is 174 Å². The van der Waals surface area contributed by atoms with E-state index in [0.29, 0.717) is 30.3 Å². The van der Waals surface area contributed by atoms with E-state index in [1.54, 1.807) is 6.08 Å². The van der Waals surface area contributed by atoms with Gasteiger partial charge in [-0.25, -0.2) is 4.57 Å². The number of carbonyl (C=O) groups excluding carboxylic acids is 2. The summed E-state index contributed by atoms with van der Waals surface area (Å²) in [6.45, 7) is 3.99. The minimum absolute atomic E-state index is 0.0105. The molecule has 0 aromatic rings. The number of ether oxygens (including phenoxy) is 2. The van der Waals surface area contributed by atoms with Crippen LogP contribution in [0.3, 0.4) is 0 Å². The van der Waals surface area contributed by atoms with Crippen LogP contribution < -0.4 is 0 Å². The van der Waals surface area contributed by atoms with Crippen molar-refractivity contribution in [1.29, 1.82) is 0 Å². The standard InChI is InChI=1S/C48H84NO9P/c1-6-8-9-10-11-12-13-14-15-16-17-21-24-27-30-33-36-39-47(51)55-43-46(44-57-59(53,54)56-42-41-49(3,4)5)58-48(52)40-37-34-31-28-25-22-19-18-20-23-26-29-32-35-38-45(50)7-2/h14-15,19-20,22-23,28-29,31-32,35,38,45-46,50H,6-13,16-18,21,24-27,30,33-34,36-37,39-44H2,1-5H3/p+1/b15-14-,22-19-,23-20-,31-28-,32-29-,38-35+/t45-,46-/m1/s1. The molecule has 0 saturated carbocycles. The average molecular weight is 851 g/mol. The molecule has 0 bridgehead atoms. The molecule has 10 nitrogen and oxygen atoms in total. The summed E-state index contributed by atoms with van der Waals surface area (Å²) in [6, 6.07) is 0. The SMILES string of the molecule is CCCCCCCC/C=C\CCCCCCCCCC(=O)OC[C@H](COP(=O)(O)OCC[N+](C)(C)C)OC(=O)CCC/C=C\C/C=C\C/C=C\C/C=C\C=C\[C@H](O)CC. The topological polar surface area (TPSA) is 129 Å². The van der Waals surface area contributed by atoms with E-state index in [9.17, 15) is 24.2 Å². The number of quaternary nitrogens is 1. The summed E-state index contributed by atoms with van der Waals surface area (Å²) in [4.78, 5) is 35.4. The molecule has 3 atom stereocenters. The molecule has 0 fully saturated rings. The van der Waals surface area contributed by atoms with Crippen molar-refractivity contribution < 1.29 is 47.2 Å². The summed E-state index contributed by atoms with van der Waals surface area (Å²) < 4.78 is 34.2. The average Bonchev–Trinajstić information content (AvgIpc) is 3.19. The van der Waals surface area contributed by atoms with E-state index in [-0.39, 0.29) is 32.2 Å². The number of esters is 2. The van der Waals surface area contributed by atoms with Gasteiger partial charge in [0.2, 0.25) is 0 Å². The minimum atomic E-state index is -4.40. The number of hydrogen-bond donors (Lipinski definition) is 2. The largest absolute Gasteiger partial charge is 0.472 e. The number of unbranched alkanes of at least 4 members (excludes halogenated alkanes) is 14. The number of aliphatic hydroxyl groups excluding tert-OH is 1. The molecule has 340 valence electrons. The summed E-state index contributed by atoms with van der Waals surface area (Å²) in [5.41, 5.74) is 0. The zero-order chi connectivity index (χ0) is 43.7. The van der Waals surface area contributed by atoms with Gasteiger partial charge in [-0.05, 0) is 70.6 Å². The van der Waals surface area contributed by atoms with Crippen molar-refractivity contribution in [1.82, 2.24) is 0 Å². The second-order valence-corrected chi connectivity index (χ2v) is 17.7. The Balaban J connectivity index is 4.47. The first-order valence-electron chi connectivity index (χ1n) is 22.8. The highest BCUT2D eigenvalue weighted by molar-refractivity contribution is 7.47. The number of hydrogen-bond acceptors (Lipinski definition) is 8. The fourth-order valence-electron chi connectivity index (χ4n) is 5.64. The van der Waals surface area contributed by atoms with E-state index < -0.39 is 32.5 Å². The lowest BCUT2D eigenvalue weighted by molar-refractivity contribution is -0.870. The maximum atomic E-state index is 12.7. The van der Waals surface area contributed by atoms with Gasteiger partial charge in [0.05, 0.1) is 33.9 Å². The lowest BCUT2D eigenvalue weighted by Crippen LogP contribution is -2.37. The molecular weight excluding hydrogens is 765 g/mol. The van der Waals surface area contributed by atoms with Crippen molar-refractivity contribution >= 4 is 19.8 Å². The summed E-state index contributed by atoms with van der Waals surface area (Å²) in [5, 5.41) is 9.49. The Labute approximate surface area is 360 Å². The molecule has 59 heavy (non-hydrogen) atoms. The van der Waals surface area contributed by atoms with Gasteiger partial charge in [0.1, 0.15) is 19.8 Å². The van der Waals surface area contributed by atoms with Gasteiger partial charge in [0.15, 0.2) is 6.10 Å². The van der Waals surface area contributed by atoms with Gasteiger partial charge in [-0.2, -0.15) is 0 Å². The van der Waals surface area contributed by atoms with Crippen molar-refractivity contribution in [3.8, 4) is 0 Å². The first-order valence-corrected chi connectivity index (χ1v) is 24.3. The Morgan fingerprint density at radius 2 is 1.12 bits per heavy atom. The number of rotatable bonds is 40. The third kappa shape index (κ3) is 43.3. The van der Waals surface area contributed by atoms with Gasteiger partial charge < -0.3 is 24.0 Å². The molecule has 0 saturated heterocycles. The number of phosphoric acid groups is 1. The highest BCUT2D eigenvalue weighted by atomic mass is 31.2. The fraction of sp³-hybridized carbons (Fsp3) is 0.708. The second kappa shape index (κ2) is 39.5. The van der Waals surface area contributed by atoms with E-state index in [1.165, 1.54) is 64.2 Å². The molecule has 0 aliphatic carbocycles. The lowest BCUT2D eigenvalue weighted by Gasteiger charge is -2.24. The number of allylic oxidation sites excluding steroid dienone is 11. The third-order valence-corrected chi connectivity index (χ3v) is 10.4. The number of likely N-dealkylation sites (N-methyl/N-ethyl adjacent to an activating group) is 1. The molecule has 0 heterocycles. The molecule has 1 unspecified atom stereocenters. The first kappa shape index (κ1) is 56.4. The highest BCUT2D eigenvalue weighted by Gasteiger charge is 2.27. The maximum absolute atomic E-state index is 12.7. The van der Waals surface area contributed by atoms with Crippen molar-refractivity contribution in [3.05, 3.63) is 72.9 Å². The molecular formula is C48H85NO9P+. The van der Waals surface area contributed by atoms with Crippen LogP contribution in [-0.4, -0.2) is 86.1 Å². The molecule has 0 spiro atoms. The molecule has 0 rings (SSSR count). The smallest absolute Gasteiger partial charge is 0.462 e. The van der Waals surface area contributed by atoms with Crippen LogP contribution in [0.1, 0.15) is 162 Å². The van der Waals surface area contributed by atoms with Crippen LogP contribution in [0.5, 0.6) is 0 Å². The predicted molar refractivity (Wildman–Crippen MR) is 244 cm³/mol. The molecule has 0 aromatic carbocycles. The Hall–Kier alpha value is -2.59. The molecule has 0 radical (unpaired) electrons. The van der Waals surface area contributed by atoms with E-state index in [1.807, 2.05) is 52.4 Å². The Kier molecular flexibility index (Phi) is 37.8. The van der Waals surface area contributed by atoms with Gasteiger partial charge in [0, 0.05) is 12.8 Å². The zero-order valence-electron chi connectivity index (χ0n) is 37.8. The molecule has 2 N–H and O–H groups in total. The van der Waals surface area contributed by atoms with Crippen LogP contribution in [0, 0.1) is 0 Å². The van der Waals surface area contributed by atoms with Crippen LogP contribution in [0.2, 0.25) is 0 Å². The quantitative estimate of drug-likeness (QED) is 0.0155. The Morgan fingerprint density at radius 1 is 0.610 bits per heavy atom. The molecule has 0 aliphatic heterocycles. The van der Waals surface area contributed by atoms with Gasteiger partial charge in [0.25, 0.3) is 0 Å². The predicted octanol–water partition coefficient (Wildman–Crippen LogP) is 12.0. The van der Waals surface area contributed by atoms with Gasteiger partial charge >= 0.3 is 19.8 Å². The zero-order valence-corrected chi connectivity index (χ0v) is 38.7. The number of nitrogens with zero attached hydrogens (tertiary/aromatic N) is 1. The van der Waals surface area contributed by atoms with Crippen molar-refractivity contribution in [2.75, 3.05) is 47.5 Å². The highest BCUT2D eigenvalue weighted by Crippen LogP contribution is 2.43. The number of phosphoric ester groups is 1. The molecule has 0 aliphatic rings. The summed E-state index contributed by atoms with van der Waals surface area (Å²) in [7, 11) is 1.40. The van der Waals surface area contributed by atoms with Crippen LogP contribution >= 0.6 is 7.82 Å². The summed E-state index contributed by atoms with van der Waals surface area (Å²) in [5.74, 6) is -0.896. The summed E-state index contributed by atoms with van der Waals surface area (Å²) >= 11 is 0. The molecule has 11 heteroatoms. The Morgan fingerprint density at radius 3 is 1.71 bits per heavy atom. The van der Waals surface area contributed by atoms with Crippen LogP contribution in [0.15, 0.2) is 72.9 Å². The van der Waals surface area contributed by atoms with E-state index in [2.05, 4.69) is 49.5 Å². The van der Waals surface area contributed by atoms with Gasteiger partial charge in [-0.1, -0.05) is 151 Å². The fourth-order valence-corrected chi connectivity index (χ4v) is 6.38. The third-order valence-electron chi connectivity index (χ3n) is 9.38. The van der Waals surface area contributed by atoms with E-state index >= 15 is 0 Å². The van der Waals surface area contributed by atoms with E-state index in [4.69, 9.17) is 18.5 Å². The summed E-state index contributed by atoms with van der Waals surface area (Å²) in [6.07, 6.45) is 46.2. The normalized spacial score (nSPS) is 14.8. The van der Waals surface area contributed by atoms with Crippen LogP contribution in [0.4, 0.5) is 0 Å². The minimum Gasteiger partial charge on any atom is -0.462 e. The number of carbonyl (C=O) groups is 2. The molecule has 0 aromatic heterocycles. The Bertz CT molecular complexity index is 1250. The second-order valence-electron chi connectivity index (χ2n) is 16.2. The van der Waals surface area contributed by atoms with Crippen molar-refractivity contribution in [3.63, 3.8) is 0 Å². The van der Waals surface area contributed by atoms with Crippen LogP contribution in [-0.2, 0) is 32.7 Å².